The van der Waals surface area contributed by atoms with Gasteiger partial charge in [-0.1, -0.05) is 55.5 Å². The first kappa shape index (κ1) is 18.4. The Morgan fingerprint density at radius 1 is 0.857 bits per heavy atom. The van der Waals surface area contributed by atoms with Gasteiger partial charge in [0.1, 0.15) is 5.82 Å². The predicted molar refractivity (Wildman–Crippen MR) is 115 cm³/mol. The summed E-state index contributed by atoms with van der Waals surface area (Å²) in [7, 11) is 0. The quantitative estimate of drug-likeness (QED) is 0.654. The number of benzene rings is 2. The number of hydrogen-bond donors (Lipinski definition) is 0. The van der Waals surface area contributed by atoms with Gasteiger partial charge in [0.05, 0.1) is 6.54 Å². The van der Waals surface area contributed by atoms with Gasteiger partial charge in [-0.25, -0.2) is 4.98 Å². The van der Waals surface area contributed by atoms with E-state index in [0.29, 0.717) is 0 Å². The average molecular weight is 374 g/mol. The van der Waals surface area contributed by atoms with Crippen molar-refractivity contribution in [3.05, 3.63) is 78.5 Å². The van der Waals surface area contributed by atoms with Crippen LogP contribution in [0.3, 0.4) is 0 Å². The lowest BCUT2D eigenvalue weighted by Crippen LogP contribution is -2.46. The van der Waals surface area contributed by atoms with Crippen molar-refractivity contribution in [3.8, 4) is 0 Å². The molecule has 144 valence electrons. The van der Waals surface area contributed by atoms with Crippen LogP contribution in [-0.4, -0.2) is 47.6 Å². The summed E-state index contributed by atoms with van der Waals surface area (Å²) in [6, 6.07) is 22.9. The molecule has 0 amide bonds. The maximum atomic E-state index is 4.94. The first-order chi connectivity index (χ1) is 13.8. The average Bonchev–Trinajstić information content (AvgIpc) is 2.79. The van der Waals surface area contributed by atoms with Crippen molar-refractivity contribution in [2.75, 3.05) is 42.5 Å². The van der Waals surface area contributed by atoms with Gasteiger partial charge in [0.25, 0.3) is 0 Å². The van der Waals surface area contributed by atoms with E-state index in [9.17, 15) is 0 Å². The third-order valence-electron chi connectivity index (χ3n) is 5.26. The molecule has 0 N–H and O–H groups in total. The van der Waals surface area contributed by atoms with E-state index in [1.807, 2.05) is 24.4 Å². The number of aromatic nitrogens is 2. The maximum Gasteiger partial charge on any atom is 0.232 e. The lowest BCUT2D eigenvalue weighted by molar-refractivity contribution is 0.270. The van der Waals surface area contributed by atoms with Crippen LogP contribution >= 0.6 is 0 Å². The predicted octanol–water partition coefficient (Wildman–Crippen LogP) is 3.96. The molecule has 1 aliphatic rings. The Labute approximate surface area is 167 Å². The van der Waals surface area contributed by atoms with E-state index < -0.39 is 0 Å². The molecule has 0 radical (unpaired) electrons. The van der Waals surface area contributed by atoms with E-state index in [-0.39, 0.29) is 0 Å². The first-order valence-electron chi connectivity index (χ1n) is 10.0. The minimum atomic E-state index is 0.734. The highest BCUT2D eigenvalue weighted by Gasteiger charge is 2.19. The Morgan fingerprint density at radius 3 is 2.21 bits per heavy atom. The van der Waals surface area contributed by atoms with Gasteiger partial charge in [-0.05, 0) is 30.3 Å². The summed E-state index contributed by atoms with van der Waals surface area (Å²) in [5.74, 6) is 1.75. The fourth-order valence-electron chi connectivity index (χ4n) is 3.59. The molecule has 1 saturated heterocycles. The van der Waals surface area contributed by atoms with Crippen molar-refractivity contribution in [2.24, 2.45) is 0 Å². The molecule has 5 heteroatoms. The number of piperazine rings is 1. The molecule has 28 heavy (non-hydrogen) atoms. The number of likely N-dealkylation sites (N-methyl/N-ethyl adjacent to an activating group) is 1. The zero-order valence-electron chi connectivity index (χ0n) is 16.4. The fourth-order valence-corrected chi connectivity index (χ4v) is 3.59. The van der Waals surface area contributed by atoms with Crippen LogP contribution in [-0.2, 0) is 6.54 Å². The van der Waals surface area contributed by atoms with E-state index in [0.717, 1.165) is 56.7 Å². The van der Waals surface area contributed by atoms with Gasteiger partial charge in [0, 0.05) is 38.1 Å². The van der Waals surface area contributed by atoms with Crippen LogP contribution in [0.4, 0.5) is 17.5 Å². The number of hydrogen-bond acceptors (Lipinski definition) is 5. The van der Waals surface area contributed by atoms with Crippen LogP contribution in [0.15, 0.2) is 72.9 Å². The second kappa shape index (κ2) is 8.85. The minimum absolute atomic E-state index is 0.734. The van der Waals surface area contributed by atoms with Gasteiger partial charge >= 0.3 is 0 Å². The maximum absolute atomic E-state index is 4.94. The molecule has 2 heterocycles. The van der Waals surface area contributed by atoms with E-state index >= 15 is 0 Å². The van der Waals surface area contributed by atoms with Gasteiger partial charge in [-0.3, -0.25) is 0 Å². The van der Waals surface area contributed by atoms with Gasteiger partial charge in [-0.2, -0.15) is 4.98 Å². The Bertz CT molecular complexity index is 860. The zero-order valence-corrected chi connectivity index (χ0v) is 16.4. The fraction of sp³-hybridized carbons (Fsp3) is 0.304. The molecule has 3 aromatic rings. The Kier molecular flexibility index (Phi) is 5.83. The van der Waals surface area contributed by atoms with E-state index in [1.54, 1.807) is 0 Å². The molecule has 0 unspecified atom stereocenters. The molecule has 2 aromatic carbocycles. The summed E-state index contributed by atoms with van der Waals surface area (Å²) in [5.41, 5.74) is 2.33. The van der Waals surface area contributed by atoms with Crippen LogP contribution in [0.5, 0.6) is 0 Å². The molecule has 0 bridgehead atoms. The normalized spacial score (nSPS) is 14.8. The molecule has 5 nitrogen and oxygen atoms in total. The minimum Gasteiger partial charge on any atom is -0.354 e. The molecule has 0 saturated carbocycles. The SMILES string of the molecule is CCN1CCN(c2ccnc(N(Cc3ccccc3)c3ccccc3)n2)CC1. The smallest absolute Gasteiger partial charge is 0.232 e. The van der Waals surface area contributed by atoms with Gasteiger partial charge in [-0.15, -0.1) is 0 Å². The second-order valence-electron chi connectivity index (χ2n) is 7.04. The molecule has 0 spiro atoms. The van der Waals surface area contributed by atoms with Crippen molar-refractivity contribution >= 4 is 17.5 Å². The molecular weight excluding hydrogens is 346 g/mol. The van der Waals surface area contributed by atoms with E-state index in [4.69, 9.17) is 4.98 Å². The number of anilines is 3. The van der Waals surface area contributed by atoms with Crippen molar-refractivity contribution in [2.45, 2.75) is 13.5 Å². The van der Waals surface area contributed by atoms with Crippen LogP contribution in [0.2, 0.25) is 0 Å². The third-order valence-corrected chi connectivity index (χ3v) is 5.26. The number of nitrogens with zero attached hydrogens (tertiary/aromatic N) is 5. The summed E-state index contributed by atoms with van der Waals surface area (Å²) in [6.07, 6.45) is 1.88. The van der Waals surface area contributed by atoms with E-state index in [2.05, 4.69) is 75.1 Å². The molecule has 0 atom stereocenters. The van der Waals surface area contributed by atoms with Crippen molar-refractivity contribution in [1.82, 2.24) is 14.9 Å². The highest BCUT2D eigenvalue weighted by Crippen LogP contribution is 2.26. The van der Waals surface area contributed by atoms with Crippen LogP contribution < -0.4 is 9.80 Å². The van der Waals surface area contributed by atoms with Crippen molar-refractivity contribution < 1.29 is 0 Å². The van der Waals surface area contributed by atoms with Gasteiger partial charge in [0.2, 0.25) is 5.95 Å². The highest BCUT2D eigenvalue weighted by atomic mass is 15.3. The third kappa shape index (κ3) is 4.31. The summed E-state index contributed by atoms with van der Waals surface area (Å²) in [5, 5.41) is 0. The van der Waals surface area contributed by atoms with Gasteiger partial charge < -0.3 is 14.7 Å². The highest BCUT2D eigenvalue weighted by molar-refractivity contribution is 5.59. The molecule has 0 aliphatic carbocycles. The molecule has 4 rings (SSSR count). The largest absolute Gasteiger partial charge is 0.354 e. The molecule has 1 aliphatic heterocycles. The van der Waals surface area contributed by atoms with E-state index in [1.165, 1.54) is 5.56 Å². The first-order valence-corrected chi connectivity index (χ1v) is 10.0. The van der Waals surface area contributed by atoms with Crippen molar-refractivity contribution in [1.29, 1.82) is 0 Å². The zero-order chi connectivity index (χ0) is 19.2. The lowest BCUT2D eigenvalue weighted by atomic mass is 10.2. The number of rotatable bonds is 6. The molecular formula is C23H27N5. The van der Waals surface area contributed by atoms with Crippen LogP contribution in [0.25, 0.3) is 0 Å². The standard InChI is InChI=1S/C23H27N5/c1-2-26-15-17-27(18-16-26)22-13-14-24-23(25-22)28(21-11-7-4-8-12-21)19-20-9-5-3-6-10-20/h3-14H,2,15-19H2,1H3. The summed E-state index contributed by atoms with van der Waals surface area (Å²) < 4.78 is 0. The van der Waals surface area contributed by atoms with Crippen LogP contribution in [0, 0.1) is 0 Å². The number of para-hydroxylation sites is 1. The molecule has 1 aromatic heterocycles. The lowest BCUT2D eigenvalue weighted by Gasteiger charge is -2.35. The Balaban J connectivity index is 1.61. The summed E-state index contributed by atoms with van der Waals surface area (Å²) in [6.45, 7) is 8.26. The van der Waals surface area contributed by atoms with Crippen molar-refractivity contribution in [3.63, 3.8) is 0 Å². The Morgan fingerprint density at radius 2 is 1.54 bits per heavy atom. The van der Waals surface area contributed by atoms with Crippen LogP contribution in [0.1, 0.15) is 12.5 Å². The topological polar surface area (TPSA) is 35.5 Å². The molecule has 1 fully saturated rings. The monoisotopic (exact) mass is 373 g/mol. The van der Waals surface area contributed by atoms with Gasteiger partial charge in [0.15, 0.2) is 0 Å². The second-order valence-corrected chi connectivity index (χ2v) is 7.04. The summed E-state index contributed by atoms with van der Waals surface area (Å²) in [4.78, 5) is 16.6. The summed E-state index contributed by atoms with van der Waals surface area (Å²) >= 11 is 0. The Hall–Kier alpha value is -2.92.